The molecule has 0 aliphatic carbocycles. The fraction of sp³-hybridized carbons (Fsp3) is 0.379. The molecule has 6 nitrogen and oxygen atoms in total. The lowest BCUT2D eigenvalue weighted by atomic mass is 10.0. The lowest BCUT2D eigenvalue weighted by Gasteiger charge is -2.28. The van der Waals surface area contributed by atoms with Crippen LogP contribution in [0, 0.1) is 11.6 Å². The number of anilines is 1. The maximum Gasteiger partial charge on any atom is 0.254 e. The predicted molar refractivity (Wildman–Crippen MR) is 144 cm³/mol. The Hall–Kier alpha value is -3.23. The van der Waals surface area contributed by atoms with Crippen molar-refractivity contribution in [2.24, 2.45) is 0 Å². The van der Waals surface area contributed by atoms with Crippen molar-refractivity contribution >= 4 is 23.3 Å². The van der Waals surface area contributed by atoms with Crippen molar-refractivity contribution in [3.8, 4) is 16.9 Å². The van der Waals surface area contributed by atoms with Crippen LogP contribution in [0.4, 0.5) is 14.6 Å². The highest BCUT2D eigenvalue weighted by atomic mass is 35.5. The van der Waals surface area contributed by atoms with Crippen molar-refractivity contribution in [3.05, 3.63) is 76.4 Å². The molecular weight excluding hydrogens is 510 g/mol. The van der Waals surface area contributed by atoms with Crippen molar-refractivity contribution in [1.29, 1.82) is 0 Å². The average Bonchev–Trinajstić information content (AvgIpc) is 3.60. The Morgan fingerprint density at radius 1 is 1.08 bits per heavy atom. The average molecular weight is 541 g/mol. The van der Waals surface area contributed by atoms with E-state index in [1.54, 1.807) is 19.2 Å². The fourth-order valence-electron chi connectivity index (χ4n) is 5.40. The van der Waals surface area contributed by atoms with E-state index in [4.69, 9.17) is 22.1 Å². The zero-order valence-electron chi connectivity index (χ0n) is 21.3. The lowest BCUT2D eigenvalue weighted by Crippen LogP contribution is -2.42. The minimum Gasteiger partial charge on any atom is -0.482 e. The third-order valence-corrected chi connectivity index (χ3v) is 7.83. The molecule has 1 amide bonds. The van der Waals surface area contributed by atoms with Crippen LogP contribution < -0.4 is 10.5 Å². The highest BCUT2D eigenvalue weighted by molar-refractivity contribution is 6.31. The number of likely N-dealkylation sites (tertiary alicyclic amines) is 2. The summed E-state index contributed by atoms with van der Waals surface area (Å²) in [5, 5.41) is -0.332. The molecule has 9 heteroatoms. The number of aromatic nitrogens is 1. The van der Waals surface area contributed by atoms with E-state index >= 15 is 0 Å². The summed E-state index contributed by atoms with van der Waals surface area (Å²) < 4.78 is 34.1. The number of hydrogen-bond donors (Lipinski definition) is 1. The number of hydrogen-bond acceptors (Lipinski definition) is 5. The van der Waals surface area contributed by atoms with Gasteiger partial charge in [0, 0.05) is 42.0 Å². The van der Waals surface area contributed by atoms with Gasteiger partial charge in [-0.25, -0.2) is 13.8 Å². The zero-order chi connectivity index (χ0) is 26.8. The molecule has 1 aromatic heterocycles. The van der Waals surface area contributed by atoms with Gasteiger partial charge in [-0.1, -0.05) is 23.7 Å². The van der Waals surface area contributed by atoms with E-state index in [1.165, 1.54) is 12.8 Å². The highest BCUT2D eigenvalue weighted by Gasteiger charge is 2.31. The van der Waals surface area contributed by atoms with Crippen molar-refractivity contribution in [2.45, 2.75) is 44.8 Å². The summed E-state index contributed by atoms with van der Waals surface area (Å²) in [7, 11) is 0. The molecule has 0 bridgehead atoms. The van der Waals surface area contributed by atoms with Crippen molar-refractivity contribution in [3.63, 3.8) is 0 Å². The molecule has 2 fully saturated rings. The second-order valence-electron chi connectivity index (χ2n) is 10.0. The van der Waals surface area contributed by atoms with E-state index in [1.807, 2.05) is 29.2 Å². The molecule has 2 saturated heterocycles. The van der Waals surface area contributed by atoms with Crippen LogP contribution in [0.3, 0.4) is 0 Å². The first-order chi connectivity index (χ1) is 18.3. The molecule has 3 aromatic rings. The number of rotatable bonds is 7. The second kappa shape index (κ2) is 11.3. The van der Waals surface area contributed by atoms with Crippen LogP contribution in [0.15, 0.2) is 48.7 Å². The van der Waals surface area contributed by atoms with E-state index in [0.717, 1.165) is 56.7 Å². The zero-order valence-corrected chi connectivity index (χ0v) is 22.1. The second-order valence-corrected chi connectivity index (χ2v) is 10.4. The first-order valence-electron chi connectivity index (χ1n) is 13.0. The Labute approximate surface area is 226 Å². The molecule has 0 spiro atoms. The Bertz CT molecular complexity index is 1310. The third-order valence-electron chi connectivity index (χ3n) is 7.44. The van der Waals surface area contributed by atoms with Gasteiger partial charge in [-0.2, -0.15) is 0 Å². The van der Waals surface area contributed by atoms with E-state index in [-0.39, 0.29) is 34.1 Å². The SMILES string of the molecule is CC(Oc1cc(-c2ccc(C(=O)N3CCC[C@@H]3CN3CCCC3)cc2)cnc1N)c1c(F)ccc(F)c1Cl. The highest BCUT2D eigenvalue weighted by Crippen LogP contribution is 2.35. The molecule has 2 aromatic carbocycles. The summed E-state index contributed by atoms with van der Waals surface area (Å²) in [4.78, 5) is 22.0. The van der Waals surface area contributed by atoms with Crippen LogP contribution in [0.1, 0.15) is 54.6 Å². The number of benzene rings is 2. The Balaban J connectivity index is 1.31. The van der Waals surface area contributed by atoms with Crippen LogP contribution >= 0.6 is 11.6 Å². The van der Waals surface area contributed by atoms with Gasteiger partial charge < -0.3 is 20.3 Å². The quantitative estimate of drug-likeness (QED) is 0.366. The summed E-state index contributed by atoms with van der Waals surface area (Å²) in [6, 6.07) is 11.3. The maximum absolute atomic E-state index is 14.4. The van der Waals surface area contributed by atoms with Gasteiger partial charge in [0.2, 0.25) is 0 Å². The predicted octanol–water partition coefficient (Wildman–Crippen LogP) is 6.10. The standard InChI is InChI=1S/C29H31ClF2N4O2/c1-18(26-23(31)10-11-24(32)27(26)30)38-25-15-21(16-34-28(25)33)19-6-8-20(9-7-19)29(37)36-14-4-5-22(36)17-35-12-2-3-13-35/h6-11,15-16,18,22H,2-5,12-14,17H2,1H3,(H2,33,34)/t18?,22-/m1/s1. The van der Waals surface area contributed by atoms with Gasteiger partial charge in [-0.15, -0.1) is 0 Å². The first-order valence-corrected chi connectivity index (χ1v) is 13.4. The van der Waals surface area contributed by atoms with Crippen LogP contribution in [0.2, 0.25) is 5.02 Å². The molecular formula is C29H31ClF2N4O2. The van der Waals surface area contributed by atoms with E-state index < -0.39 is 17.7 Å². The normalized spacial score (nSPS) is 18.6. The van der Waals surface area contributed by atoms with E-state index in [2.05, 4.69) is 9.88 Å². The van der Waals surface area contributed by atoms with E-state index in [0.29, 0.717) is 11.1 Å². The van der Waals surface area contributed by atoms with Crippen LogP contribution in [-0.4, -0.2) is 52.9 Å². The third kappa shape index (κ3) is 5.47. The molecule has 0 radical (unpaired) electrons. The van der Waals surface area contributed by atoms with Crippen LogP contribution in [0.25, 0.3) is 11.1 Å². The molecule has 1 unspecified atom stereocenters. The number of nitrogen functional groups attached to an aromatic ring is 1. The maximum atomic E-state index is 14.4. The first kappa shape index (κ1) is 26.4. The van der Waals surface area contributed by atoms with Gasteiger partial charge in [-0.3, -0.25) is 4.79 Å². The van der Waals surface area contributed by atoms with Crippen molar-refractivity contribution < 1.29 is 18.3 Å². The number of amides is 1. The Kier molecular flexibility index (Phi) is 7.81. The monoisotopic (exact) mass is 540 g/mol. The number of pyridine rings is 1. The summed E-state index contributed by atoms with van der Waals surface area (Å²) >= 11 is 5.99. The number of nitrogens with two attached hydrogens (primary N) is 1. The minimum absolute atomic E-state index is 0.0560. The van der Waals surface area contributed by atoms with Gasteiger partial charge >= 0.3 is 0 Å². The Morgan fingerprint density at radius 3 is 2.53 bits per heavy atom. The minimum atomic E-state index is -0.911. The molecule has 2 atom stereocenters. The summed E-state index contributed by atoms with van der Waals surface area (Å²) in [6.07, 6.45) is 5.25. The van der Waals surface area contributed by atoms with Gasteiger partial charge in [0.05, 0.1) is 5.02 Å². The lowest BCUT2D eigenvalue weighted by molar-refractivity contribution is 0.0709. The van der Waals surface area contributed by atoms with Gasteiger partial charge in [-0.05, 0) is 81.6 Å². The van der Waals surface area contributed by atoms with Crippen molar-refractivity contribution in [2.75, 3.05) is 31.9 Å². The molecule has 38 heavy (non-hydrogen) atoms. The largest absolute Gasteiger partial charge is 0.482 e. The number of halogens is 3. The summed E-state index contributed by atoms with van der Waals surface area (Å²) in [6.45, 7) is 5.54. The summed E-state index contributed by atoms with van der Waals surface area (Å²) in [5.74, 6) is -1.02. The number of ether oxygens (including phenoxy) is 1. The Morgan fingerprint density at radius 2 is 1.79 bits per heavy atom. The molecule has 0 saturated carbocycles. The molecule has 5 rings (SSSR count). The topological polar surface area (TPSA) is 71.7 Å². The molecule has 2 N–H and O–H groups in total. The van der Waals surface area contributed by atoms with Gasteiger partial charge in [0.25, 0.3) is 5.91 Å². The van der Waals surface area contributed by atoms with Crippen LogP contribution in [0.5, 0.6) is 5.75 Å². The van der Waals surface area contributed by atoms with Gasteiger partial charge in [0.1, 0.15) is 17.7 Å². The fourth-order valence-corrected chi connectivity index (χ4v) is 5.71. The number of carbonyl (C=O) groups is 1. The van der Waals surface area contributed by atoms with Gasteiger partial charge in [0.15, 0.2) is 11.6 Å². The van der Waals surface area contributed by atoms with Crippen molar-refractivity contribution in [1.82, 2.24) is 14.8 Å². The van der Waals surface area contributed by atoms with E-state index in [9.17, 15) is 13.6 Å². The summed E-state index contributed by atoms with van der Waals surface area (Å²) in [5.41, 5.74) is 8.09. The molecule has 2 aliphatic rings. The smallest absolute Gasteiger partial charge is 0.254 e. The molecule has 3 heterocycles. The molecule has 2 aliphatic heterocycles. The number of nitrogens with zero attached hydrogens (tertiary/aromatic N) is 3. The molecule has 200 valence electrons. The van der Waals surface area contributed by atoms with Crippen LogP contribution in [-0.2, 0) is 0 Å². The number of carbonyl (C=O) groups excluding carboxylic acids is 1.